The van der Waals surface area contributed by atoms with Crippen LogP contribution in [0.15, 0.2) is 91.0 Å². The lowest BCUT2D eigenvalue weighted by molar-refractivity contribution is -0.122. The number of hydrogen-bond donors (Lipinski definition) is 1. The van der Waals surface area contributed by atoms with Gasteiger partial charge in [0.15, 0.2) is 0 Å². The first-order valence-corrected chi connectivity index (χ1v) is 9.17. The first-order chi connectivity index (χ1) is 12.7. The van der Waals surface area contributed by atoms with Crippen LogP contribution in [0.3, 0.4) is 0 Å². The van der Waals surface area contributed by atoms with Crippen LogP contribution in [0.5, 0.6) is 0 Å². The van der Waals surface area contributed by atoms with Gasteiger partial charge in [-0.3, -0.25) is 4.79 Å². The molecule has 0 amide bonds. The molecule has 0 heterocycles. The van der Waals surface area contributed by atoms with Gasteiger partial charge < -0.3 is 5.32 Å². The Labute approximate surface area is 155 Å². The van der Waals surface area contributed by atoms with E-state index in [1.807, 2.05) is 73.7 Å². The van der Waals surface area contributed by atoms with Gasteiger partial charge in [0.1, 0.15) is 5.78 Å². The number of hydrogen-bond acceptors (Lipinski definition) is 2. The fraction of sp³-hybridized carbons (Fsp3) is 0.208. The Morgan fingerprint density at radius 1 is 0.808 bits per heavy atom. The van der Waals surface area contributed by atoms with Crippen molar-refractivity contribution >= 4 is 11.5 Å². The van der Waals surface area contributed by atoms with Crippen LogP contribution in [-0.2, 0) is 11.2 Å². The molecule has 3 rings (SSSR count). The topological polar surface area (TPSA) is 29.1 Å². The highest BCUT2D eigenvalue weighted by atomic mass is 16.1. The molecule has 2 nitrogen and oxygen atoms in total. The molecule has 3 aromatic carbocycles. The van der Waals surface area contributed by atoms with Crippen molar-refractivity contribution in [2.45, 2.75) is 25.8 Å². The minimum Gasteiger partial charge on any atom is -0.378 e. The molecule has 26 heavy (non-hydrogen) atoms. The zero-order valence-electron chi connectivity index (χ0n) is 15.1. The fourth-order valence-electron chi connectivity index (χ4n) is 3.20. The second kappa shape index (κ2) is 9.00. The predicted molar refractivity (Wildman–Crippen MR) is 108 cm³/mol. The Morgan fingerprint density at radius 2 is 1.35 bits per heavy atom. The SMILES string of the molecule is C[C@@H](C(=O)CCc1ccccc1)[C@H](Nc1ccccc1)c1ccccc1. The number of ketones is 1. The van der Waals surface area contributed by atoms with Crippen LogP contribution in [0.2, 0.25) is 0 Å². The fourth-order valence-corrected chi connectivity index (χ4v) is 3.20. The van der Waals surface area contributed by atoms with E-state index in [2.05, 4.69) is 29.6 Å². The third-order valence-electron chi connectivity index (χ3n) is 4.77. The van der Waals surface area contributed by atoms with E-state index in [0.29, 0.717) is 6.42 Å². The molecular formula is C24H25NO. The Bertz CT molecular complexity index is 799. The van der Waals surface area contributed by atoms with Gasteiger partial charge in [0.25, 0.3) is 0 Å². The summed E-state index contributed by atoms with van der Waals surface area (Å²) in [6, 6.07) is 30.5. The molecule has 0 saturated heterocycles. The Kier molecular flexibility index (Phi) is 6.21. The van der Waals surface area contributed by atoms with Gasteiger partial charge in [-0.2, -0.15) is 0 Å². The van der Waals surface area contributed by atoms with E-state index in [-0.39, 0.29) is 17.7 Å². The molecule has 3 aromatic rings. The second-order valence-electron chi connectivity index (χ2n) is 6.64. The minimum absolute atomic E-state index is 0.0399. The van der Waals surface area contributed by atoms with E-state index in [4.69, 9.17) is 0 Å². The average Bonchev–Trinajstić information content (AvgIpc) is 2.72. The molecule has 0 unspecified atom stereocenters. The van der Waals surface area contributed by atoms with E-state index in [1.165, 1.54) is 5.56 Å². The van der Waals surface area contributed by atoms with Crippen LogP contribution < -0.4 is 5.32 Å². The molecule has 0 aliphatic rings. The number of Topliss-reactive ketones (excluding diaryl/α,β-unsaturated/α-hetero) is 1. The Hall–Kier alpha value is -2.87. The predicted octanol–water partition coefficient (Wildman–Crippen LogP) is 5.68. The largest absolute Gasteiger partial charge is 0.378 e. The summed E-state index contributed by atoms with van der Waals surface area (Å²) in [5.41, 5.74) is 3.38. The molecule has 0 saturated carbocycles. The zero-order valence-corrected chi connectivity index (χ0v) is 15.1. The van der Waals surface area contributed by atoms with E-state index in [1.54, 1.807) is 0 Å². The highest BCUT2D eigenvalue weighted by Gasteiger charge is 2.25. The summed E-state index contributed by atoms with van der Waals surface area (Å²) in [5.74, 6) is 0.174. The van der Waals surface area contributed by atoms with Gasteiger partial charge in [0, 0.05) is 18.0 Å². The number of carbonyl (C=O) groups excluding carboxylic acids is 1. The summed E-state index contributed by atoms with van der Waals surface area (Å²) in [5, 5.41) is 3.55. The number of nitrogens with one attached hydrogen (secondary N) is 1. The molecule has 0 aliphatic carbocycles. The molecule has 0 radical (unpaired) electrons. The third kappa shape index (κ3) is 4.82. The Morgan fingerprint density at radius 3 is 1.96 bits per heavy atom. The lowest BCUT2D eigenvalue weighted by Crippen LogP contribution is -2.26. The molecule has 1 N–H and O–H groups in total. The standard InChI is InChI=1S/C24H25NO/c1-19(23(26)18-17-20-11-5-2-6-12-20)24(21-13-7-3-8-14-21)25-22-15-9-4-10-16-22/h2-16,19,24-25H,17-18H2,1H3/t19-,24-/m0/s1. The number of para-hydroxylation sites is 1. The molecule has 0 spiro atoms. The highest BCUT2D eigenvalue weighted by Crippen LogP contribution is 2.28. The van der Waals surface area contributed by atoms with Crippen molar-refractivity contribution in [2.75, 3.05) is 5.32 Å². The van der Waals surface area contributed by atoms with Crippen LogP contribution in [0.4, 0.5) is 5.69 Å². The van der Waals surface area contributed by atoms with Gasteiger partial charge in [-0.05, 0) is 29.7 Å². The summed E-state index contributed by atoms with van der Waals surface area (Å²) in [6.45, 7) is 2.03. The number of aryl methyl sites for hydroxylation is 1. The molecule has 0 aromatic heterocycles. The summed E-state index contributed by atoms with van der Waals surface area (Å²) < 4.78 is 0. The highest BCUT2D eigenvalue weighted by molar-refractivity contribution is 5.82. The van der Waals surface area contributed by atoms with Gasteiger partial charge in [-0.15, -0.1) is 0 Å². The maximum absolute atomic E-state index is 12.9. The zero-order chi connectivity index (χ0) is 18.2. The molecule has 0 fully saturated rings. The number of rotatable bonds is 8. The van der Waals surface area contributed by atoms with E-state index < -0.39 is 0 Å². The van der Waals surface area contributed by atoms with Gasteiger partial charge in [0.2, 0.25) is 0 Å². The summed E-state index contributed by atoms with van der Waals surface area (Å²) in [7, 11) is 0. The van der Waals surface area contributed by atoms with Gasteiger partial charge in [0.05, 0.1) is 6.04 Å². The lowest BCUT2D eigenvalue weighted by atomic mass is 9.88. The van der Waals surface area contributed by atoms with Crippen molar-refractivity contribution in [2.24, 2.45) is 5.92 Å². The van der Waals surface area contributed by atoms with Gasteiger partial charge in [-0.25, -0.2) is 0 Å². The molecule has 2 heteroatoms. The first kappa shape index (κ1) is 17.9. The number of carbonyl (C=O) groups is 1. The molecule has 0 bridgehead atoms. The maximum atomic E-state index is 12.9. The van der Waals surface area contributed by atoms with Crippen LogP contribution in [0.1, 0.15) is 30.5 Å². The number of benzene rings is 3. The smallest absolute Gasteiger partial charge is 0.138 e. The monoisotopic (exact) mass is 343 g/mol. The minimum atomic E-state index is -0.110. The van der Waals surface area contributed by atoms with E-state index in [9.17, 15) is 4.79 Å². The second-order valence-corrected chi connectivity index (χ2v) is 6.64. The van der Waals surface area contributed by atoms with Crippen molar-refractivity contribution < 1.29 is 4.79 Å². The molecule has 0 aliphatic heterocycles. The van der Waals surface area contributed by atoms with Gasteiger partial charge >= 0.3 is 0 Å². The quantitative estimate of drug-likeness (QED) is 0.570. The molecule has 2 atom stereocenters. The average molecular weight is 343 g/mol. The summed E-state index contributed by atoms with van der Waals surface area (Å²) >= 11 is 0. The van der Waals surface area contributed by atoms with Crippen molar-refractivity contribution in [3.8, 4) is 0 Å². The van der Waals surface area contributed by atoms with E-state index in [0.717, 1.165) is 17.7 Å². The lowest BCUT2D eigenvalue weighted by Gasteiger charge is -2.26. The van der Waals surface area contributed by atoms with Crippen LogP contribution in [0, 0.1) is 5.92 Å². The van der Waals surface area contributed by atoms with Crippen molar-refractivity contribution in [1.82, 2.24) is 0 Å². The summed E-state index contributed by atoms with van der Waals surface area (Å²) in [4.78, 5) is 12.9. The van der Waals surface area contributed by atoms with Crippen molar-refractivity contribution in [3.63, 3.8) is 0 Å². The summed E-state index contributed by atoms with van der Waals surface area (Å²) in [6.07, 6.45) is 1.35. The normalized spacial score (nSPS) is 13.0. The molecular weight excluding hydrogens is 318 g/mol. The van der Waals surface area contributed by atoms with Crippen molar-refractivity contribution in [1.29, 1.82) is 0 Å². The molecule has 132 valence electrons. The number of anilines is 1. The van der Waals surface area contributed by atoms with Gasteiger partial charge in [-0.1, -0.05) is 85.8 Å². The van der Waals surface area contributed by atoms with Crippen molar-refractivity contribution in [3.05, 3.63) is 102 Å². The van der Waals surface area contributed by atoms with Crippen LogP contribution >= 0.6 is 0 Å². The van der Waals surface area contributed by atoms with E-state index >= 15 is 0 Å². The Balaban J connectivity index is 1.73. The first-order valence-electron chi connectivity index (χ1n) is 9.17. The van der Waals surface area contributed by atoms with Crippen LogP contribution in [0.25, 0.3) is 0 Å². The third-order valence-corrected chi connectivity index (χ3v) is 4.77. The van der Waals surface area contributed by atoms with Crippen LogP contribution in [-0.4, -0.2) is 5.78 Å². The maximum Gasteiger partial charge on any atom is 0.138 e.